The predicted octanol–water partition coefficient (Wildman–Crippen LogP) is 2.27. The molecule has 2 rings (SSSR count). The molecule has 0 aliphatic carbocycles. The molecule has 2 nitrogen and oxygen atoms in total. The summed E-state index contributed by atoms with van der Waals surface area (Å²) in [5.74, 6) is 0. The van der Waals surface area contributed by atoms with E-state index in [9.17, 15) is 0 Å². The van der Waals surface area contributed by atoms with Gasteiger partial charge in [-0.25, -0.2) is 0 Å². The third-order valence-electron chi connectivity index (χ3n) is 3.54. The van der Waals surface area contributed by atoms with E-state index in [0.717, 1.165) is 25.6 Å². The average Bonchev–Trinajstić information content (AvgIpc) is 2.84. The van der Waals surface area contributed by atoms with Crippen LogP contribution in [0.3, 0.4) is 0 Å². The van der Waals surface area contributed by atoms with Crippen molar-refractivity contribution in [1.29, 1.82) is 0 Å². The lowest BCUT2D eigenvalue weighted by molar-refractivity contribution is 0.525. The Balaban J connectivity index is 1.55. The second-order valence-corrected chi connectivity index (χ2v) is 5.07. The van der Waals surface area contributed by atoms with Gasteiger partial charge in [-0.1, -0.05) is 29.8 Å². The quantitative estimate of drug-likeness (QED) is 0.735. The number of benzene rings is 1. The number of rotatable bonds is 6. The molecule has 1 aromatic rings. The Morgan fingerprint density at radius 2 is 2.06 bits per heavy atom. The first-order valence-corrected chi connectivity index (χ1v) is 6.84. The Morgan fingerprint density at radius 1 is 1.24 bits per heavy atom. The van der Waals surface area contributed by atoms with E-state index in [0.29, 0.717) is 0 Å². The smallest absolute Gasteiger partial charge is 0.00796 e. The SMILES string of the molecule is Cc1ccc(CCNCCC2CCCN2)cc1. The summed E-state index contributed by atoms with van der Waals surface area (Å²) >= 11 is 0. The van der Waals surface area contributed by atoms with Gasteiger partial charge in [-0.2, -0.15) is 0 Å². The van der Waals surface area contributed by atoms with Crippen molar-refractivity contribution in [3.8, 4) is 0 Å². The number of hydrogen-bond donors (Lipinski definition) is 2. The molecule has 2 N–H and O–H groups in total. The molecule has 1 saturated heterocycles. The first-order chi connectivity index (χ1) is 8.34. The van der Waals surface area contributed by atoms with Gasteiger partial charge in [0.1, 0.15) is 0 Å². The fourth-order valence-corrected chi connectivity index (χ4v) is 2.39. The molecule has 0 aromatic heterocycles. The maximum atomic E-state index is 3.54. The Morgan fingerprint density at radius 3 is 2.76 bits per heavy atom. The zero-order valence-electron chi connectivity index (χ0n) is 10.8. The molecule has 94 valence electrons. The summed E-state index contributed by atoms with van der Waals surface area (Å²) in [6.07, 6.45) is 5.12. The fraction of sp³-hybridized carbons (Fsp3) is 0.600. The van der Waals surface area contributed by atoms with Crippen molar-refractivity contribution in [1.82, 2.24) is 10.6 Å². The second kappa shape index (κ2) is 6.77. The van der Waals surface area contributed by atoms with Gasteiger partial charge in [0.05, 0.1) is 0 Å². The van der Waals surface area contributed by atoms with Crippen molar-refractivity contribution < 1.29 is 0 Å². The Bertz CT molecular complexity index is 312. The van der Waals surface area contributed by atoms with E-state index in [2.05, 4.69) is 41.8 Å². The van der Waals surface area contributed by atoms with Crippen molar-refractivity contribution in [3.05, 3.63) is 35.4 Å². The van der Waals surface area contributed by atoms with Crippen LogP contribution in [0.25, 0.3) is 0 Å². The minimum atomic E-state index is 0.766. The Kier molecular flexibility index (Phi) is 5.02. The van der Waals surface area contributed by atoms with E-state index in [1.807, 2.05) is 0 Å². The lowest BCUT2D eigenvalue weighted by atomic mass is 10.1. The average molecular weight is 232 g/mol. The molecule has 2 heteroatoms. The third-order valence-corrected chi connectivity index (χ3v) is 3.54. The topological polar surface area (TPSA) is 24.1 Å². The van der Waals surface area contributed by atoms with E-state index in [1.54, 1.807) is 0 Å². The molecule has 1 aliphatic rings. The first-order valence-electron chi connectivity index (χ1n) is 6.84. The van der Waals surface area contributed by atoms with Crippen LogP contribution in [0.4, 0.5) is 0 Å². The minimum Gasteiger partial charge on any atom is -0.316 e. The summed E-state index contributed by atoms with van der Waals surface area (Å²) in [5.41, 5.74) is 2.77. The van der Waals surface area contributed by atoms with E-state index in [4.69, 9.17) is 0 Å². The van der Waals surface area contributed by atoms with Crippen molar-refractivity contribution >= 4 is 0 Å². The lowest BCUT2D eigenvalue weighted by Crippen LogP contribution is -2.28. The van der Waals surface area contributed by atoms with Crippen LogP contribution in [-0.4, -0.2) is 25.7 Å². The zero-order chi connectivity index (χ0) is 11.9. The van der Waals surface area contributed by atoms with E-state index in [-0.39, 0.29) is 0 Å². The van der Waals surface area contributed by atoms with Gasteiger partial charge in [0.15, 0.2) is 0 Å². The van der Waals surface area contributed by atoms with E-state index >= 15 is 0 Å². The molecule has 1 aromatic carbocycles. The largest absolute Gasteiger partial charge is 0.316 e. The van der Waals surface area contributed by atoms with Crippen LogP contribution in [0.5, 0.6) is 0 Å². The van der Waals surface area contributed by atoms with Gasteiger partial charge in [-0.05, 0) is 57.8 Å². The standard InChI is InChI=1S/C15H24N2/c1-13-4-6-14(7-5-13)8-11-16-12-9-15-3-2-10-17-15/h4-7,15-17H,2-3,8-12H2,1H3. The highest BCUT2D eigenvalue weighted by molar-refractivity contribution is 5.21. The first kappa shape index (κ1) is 12.6. The van der Waals surface area contributed by atoms with E-state index in [1.165, 1.54) is 36.9 Å². The summed E-state index contributed by atoms with van der Waals surface area (Å²) < 4.78 is 0. The van der Waals surface area contributed by atoms with Gasteiger partial charge < -0.3 is 10.6 Å². The number of hydrogen-bond acceptors (Lipinski definition) is 2. The highest BCUT2D eigenvalue weighted by Gasteiger charge is 2.12. The van der Waals surface area contributed by atoms with Crippen molar-refractivity contribution in [2.75, 3.05) is 19.6 Å². The predicted molar refractivity (Wildman–Crippen MR) is 73.4 cm³/mol. The molecule has 0 amide bonds. The van der Waals surface area contributed by atoms with Crippen molar-refractivity contribution in [3.63, 3.8) is 0 Å². The maximum Gasteiger partial charge on any atom is 0.00796 e. The van der Waals surface area contributed by atoms with Crippen LogP contribution in [0.2, 0.25) is 0 Å². The molecule has 1 unspecified atom stereocenters. The molecule has 1 aliphatic heterocycles. The van der Waals surface area contributed by atoms with Crippen molar-refractivity contribution in [2.24, 2.45) is 0 Å². The zero-order valence-corrected chi connectivity index (χ0v) is 10.8. The van der Waals surface area contributed by atoms with Crippen LogP contribution in [0.15, 0.2) is 24.3 Å². The molecule has 1 fully saturated rings. The summed E-state index contributed by atoms with van der Waals surface area (Å²) in [7, 11) is 0. The second-order valence-electron chi connectivity index (χ2n) is 5.07. The molecular weight excluding hydrogens is 208 g/mol. The highest BCUT2D eigenvalue weighted by atomic mass is 14.9. The minimum absolute atomic E-state index is 0.766. The van der Waals surface area contributed by atoms with Gasteiger partial charge in [0, 0.05) is 6.04 Å². The summed E-state index contributed by atoms with van der Waals surface area (Å²) in [6, 6.07) is 9.61. The van der Waals surface area contributed by atoms with Gasteiger partial charge in [-0.3, -0.25) is 0 Å². The van der Waals surface area contributed by atoms with Crippen LogP contribution in [0, 0.1) is 6.92 Å². The number of nitrogens with one attached hydrogen (secondary N) is 2. The van der Waals surface area contributed by atoms with Crippen LogP contribution < -0.4 is 10.6 Å². The highest BCUT2D eigenvalue weighted by Crippen LogP contribution is 2.07. The molecule has 0 bridgehead atoms. The molecule has 0 saturated carbocycles. The molecule has 0 spiro atoms. The van der Waals surface area contributed by atoms with Gasteiger partial charge >= 0.3 is 0 Å². The molecule has 17 heavy (non-hydrogen) atoms. The normalized spacial score (nSPS) is 19.7. The van der Waals surface area contributed by atoms with Gasteiger partial charge in [-0.15, -0.1) is 0 Å². The van der Waals surface area contributed by atoms with Crippen molar-refractivity contribution in [2.45, 2.75) is 38.6 Å². The molecule has 1 heterocycles. The number of aryl methyl sites for hydroxylation is 1. The van der Waals surface area contributed by atoms with Gasteiger partial charge in [0.25, 0.3) is 0 Å². The Labute approximate surface area is 105 Å². The van der Waals surface area contributed by atoms with Gasteiger partial charge in [0.2, 0.25) is 0 Å². The summed E-state index contributed by atoms with van der Waals surface area (Å²) in [5, 5.41) is 7.07. The fourth-order valence-electron chi connectivity index (χ4n) is 2.39. The molecule has 1 atom stereocenters. The monoisotopic (exact) mass is 232 g/mol. The maximum absolute atomic E-state index is 3.54. The third kappa shape index (κ3) is 4.49. The van der Waals surface area contributed by atoms with E-state index < -0.39 is 0 Å². The van der Waals surface area contributed by atoms with Crippen LogP contribution in [-0.2, 0) is 6.42 Å². The van der Waals surface area contributed by atoms with Crippen LogP contribution >= 0.6 is 0 Å². The summed E-state index contributed by atoms with van der Waals surface area (Å²) in [4.78, 5) is 0. The lowest BCUT2D eigenvalue weighted by Gasteiger charge is -2.10. The molecule has 0 radical (unpaired) electrons. The molecular formula is C15H24N2. The Hall–Kier alpha value is -0.860. The summed E-state index contributed by atoms with van der Waals surface area (Å²) in [6.45, 7) is 5.59. The van der Waals surface area contributed by atoms with Crippen LogP contribution in [0.1, 0.15) is 30.4 Å².